The minimum Gasteiger partial charge on any atom is -0.310 e. The Labute approximate surface area is 125 Å². The van der Waals surface area contributed by atoms with Gasteiger partial charge in [-0.3, -0.25) is 4.90 Å². The van der Waals surface area contributed by atoms with Crippen LogP contribution in [0.3, 0.4) is 0 Å². The van der Waals surface area contributed by atoms with Crippen LogP contribution in [0.5, 0.6) is 0 Å². The fourth-order valence-electron chi connectivity index (χ4n) is 5.24. The van der Waals surface area contributed by atoms with Crippen molar-refractivity contribution < 1.29 is 0 Å². The number of nitrogens with one attached hydrogen (secondary N) is 1. The molecule has 2 aliphatic carbocycles. The Kier molecular flexibility index (Phi) is 4.72. The summed E-state index contributed by atoms with van der Waals surface area (Å²) in [6.07, 6.45) is 12.9. The van der Waals surface area contributed by atoms with Crippen molar-refractivity contribution in [2.75, 3.05) is 19.6 Å². The molecule has 2 nitrogen and oxygen atoms in total. The highest BCUT2D eigenvalue weighted by Crippen LogP contribution is 2.35. The second kappa shape index (κ2) is 6.36. The van der Waals surface area contributed by atoms with Crippen molar-refractivity contribution in [2.45, 2.75) is 83.2 Å². The zero-order chi connectivity index (χ0) is 14.0. The van der Waals surface area contributed by atoms with Crippen LogP contribution in [-0.2, 0) is 0 Å². The summed E-state index contributed by atoms with van der Waals surface area (Å²) in [5, 5.41) is 3.95. The lowest BCUT2D eigenvalue weighted by Crippen LogP contribution is -2.55. The van der Waals surface area contributed by atoms with Crippen LogP contribution in [0.1, 0.15) is 71.6 Å². The summed E-state index contributed by atoms with van der Waals surface area (Å²) in [5.41, 5.74) is 0.471. The molecule has 1 aliphatic heterocycles. The quantitative estimate of drug-likeness (QED) is 0.784. The van der Waals surface area contributed by atoms with Gasteiger partial charge in [-0.25, -0.2) is 0 Å². The van der Waals surface area contributed by atoms with Crippen LogP contribution in [0.4, 0.5) is 0 Å². The average Bonchev–Trinajstić information content (AvgIpc) is 2.62. The maximum Gasteiger partial charge on any atom is 0.0308 e. The van der Waals surface area contributed by atoms with Gasteiger partial charge in [-0.1, -0.05) is 33.1 Å². The topological polar surface area (TPSA) is 15.3 Å². The van der Waals surface area contributed by atoms with Gasteiger partial charge in [0.1, 0.15) is 0 Å². The van der Waals surface area contributed by atoms with Gasteiger partial charge in [0.25, 0.3) is 0 Å². The predicted octanol–water partition coefficient (Wildman–Crippen LogP) is 3.81. The molecule has 1 spiro atoms. The van der Waals surface area contributed by atoms with Crippen LogP contribution in [0, 0.1) is 11.8 Å². The van der Waals surface area contributed by atoms with Crippen molar-refractivity contribution in [3.05, 3.63) is 0 Å². The Hall–Kier alpha value is -0.0800. The summed E-state index contributed by atoms with van der Waals surface area (Å²) < 4.78 is 0. The van der Waals surface area contributed by atoms with Crippen molar-refractivity contribution >= 4 is 0 Å². The molecule has 0 radical (unpaired) electrons. The molecule has 3 aliphatic rings. The summed E-state index contributed by atoms with van der Waals surface area (Å²) >= 11 is 0. The van der Waals surface area contributed by atoms with Gasteiger partial charge in [-0.15, -0.1) is 0 Å². The summed E-state index contributed by atoms with van der Waals surface area (Å²) in [6, 6.07) is 0.868. The van der Waals surface area contributed by atoms with Gasteiger partial charge < -0.3 is 5.32 Å². The van der Waals surface area contributed by atoms with Crippen LogP contribution < -0.4 is 5.32 Å². The highest BCUT2D eigenvalue weighted by molar-refractivity contribution is 4.97. The Morgan fingerprint density at radius 3 is 2.30 bits per heavy atom. The zero-order valence-corrected chi connectivity index (χ0v) is 13.7. The van der Waals surface area contributed by atoms with Crippen LogP contribution in [-0.4, -0.2) is 36.1 Å². The molecular weight excluding hydrogens is 244 g/mol. The van der Waals surface area contributed by atoms with E-state index in [-0.39, 0.29) is 0 Å². The van der Waals surface area contributed by atoms with E-state index in [4.69, 9.17) is 0 Å². The standard InChI is InChI=1S/C18H34N2/c1-15-11-16(2)13-17(12-15)20-10-6-9-19-18(14-20)7-4-3-5-8-18/h15-17,19H,3-14H2,1-2H3. The van der Waals surface area contributed by atoms with E-state index in [9.17, 15) is 0 Å². The van der Waals surface area contributed by atoms with E-state index >= 15 is 0 Å². The van der Waals surface area contributed by atoms with Crippen molar-refractivity contribution in [3.8, 4) is 0 Å². The molecule has 1 N–H and O–H groups in total. The molecule has 0 aromatic heterocycles. The first-order valence-electron chi connectivity index (χ1n) is 9.16. The summed E-state index contributed by atoms with van der Waals surface area (Å²) in [6.45, 7) is 8.84. The molecule has 0 bridgehead atoms. The number of rotatable bonds is 1. The van der Waals surface area contributed by atoms with Gasteiger partial charge in [0.2, 0.25) is 0 Å². The second-order valence-electron chi connectivity index (χ2n) is 8.16. The molecule has 2 unspecified atom stereocenters. The fraction of sp³-hybridized carbons (Fsp3) is 1.00. The molecule has 0 amide bonds. The Morgan fingerprint density at radius 2 is 1.60 bits per heavy atom. The van der Waals surface area contributed by atoms with Gasteiger partial charge in [0.15, 0.2) is 0 Å². The number of hydrogen-bond acceptors (Lipinski definition) is 2. The zero-order valence-electron chi connectivity index (χ0n) is 13.7. The Bertz CT molecular complexity index is 299. The number of nitrogens with zero attached hydrogens (tertiary/aromatic N) is 1. The van der Waals surface area contributed by atoms with Gasteiger partial charge in [-0.05, 0) is 63.5 Å². The predicted molar refractivity (Wildman–Crippen MR) is 86.0 cm³/mol. The van der Waals surface area contributed by atoms with Crippen LogP contribution in [0.25, 0.3) is 0 Å². The first-order valence-corrected chi connectivity index (χ1v) is 9.16. The molecule has 20 heavy (non-hydrogen) atoms. The lowest BCUT2D eigenvalue weighted by molar-refractivity contribution is 0.0783. The van der Waals surface area contributed by atoms with Crippen LogP contribution >= 0.6 is 0 Å². The van der Waals surface area contributed by atoms with Gasteiger partial charge in [-0.2, -0.15) is 0 Å². The second-order valence-corrected chi connectivity index (χ2v) is 8.16. The number of hydrogen-bond donors (Lipinski definition) is 1. The van der Waals surface area contributed by atoms with E-state index in [1.165, 1.54) is 77.4 Å². The molecule has 3 fully saturated rings. The van der Waals surface area contributed by atoms with E-state index in [0.717, 1.165) is 17.9 Å². The normalized spacial score (nSPS) is 39.6. The van der Waals surface area contributed by atoms with Crippen molar-refractivity contribution in [1.29, 1.82) is 0 Å². The Balaban J connectivity index is 1.68. The largest absolute Gasteiger partial charge is 0.310 e. The molecule has 2 saturated carbocycles. The van der Waals surface area contributed by atoms with Crippen molar-refractivity contribution in [3.63, 3.8) is 0 Å². The molecule has 2 heteroatoms. The van der Waals surface area contributed by atoms with E-state index in [0.29, 0.717) is 5.54 Å². The molecule has 3 rings (SSSR count). The third kappa shape index (κ3) is 3.39. The molecule has 1 saturated heterocycles. The molecule has 1 heterocycles. The highest BCUT2D eigenvalue weighted by atomic mass is 15.2. The monoisotopic (exact) mass is 278 g/mol. The third-order valence-electron chi connectivity index (χ3n) is 6.11. The van der Waals surface area contributed by atoms with Gasteiger partial charge in [0.05, 0.1) is 0 Å². The highest BCUT2D eigenvalue weighted by Gasteiger charge is 2.38. The van der Waals surface area contributed by atoms with Gasteiger partial charge in [0, 0.05) is 18.1 Å². The first kappa shape index (κ1) is 14.8. The molecular formula is C18H34N2. The smallest absolute Gasteiger partial charge is 0.0308 e. The maximum absolute atomic E-state index is 3.95. The summed E-state index contributed by atoms with van der Waals surface area (Å²) in [5.74, 6) is 1.87. The van der Waals surface area contributed by atoms with E-state index in [1.54, 1.807) is 0 Å². The van der Waals surface area contributed by atoms with Crippen molar-refractivity contribution in [1.82, 2.24) is 10.2 Å². The lowest BCUT2D eigenvalue weighted by atomic mass is 9.78. The van der Waals surface area contributed by atoms with E-state index in [1.807, 2.05) is 0 Å². The molecule has 116 valence electrons. The third-order valence-corrected chi connectivity index (χ3v) is 6.11. The Morgan fingerprint density at radius 1 is 0.900 bits per heavy atom. The first-order chi connectivity index (χ1) is 9.67. The van der Waals surface area contributed by atoms with Crippen LogP contribution in [0.2, 0.25) is 0 Å². The van der Waals surface area contributed by atoms with Crippen molar-refractivity contribution in [2.24, 2.45) is 11.8 Å². The maximum atomic E-state index is 3.95. The fourth-order valence-corrected chi connectivity index (χ4v) is 5.24. The minimum absolute atomic E-state index is 0.471. The molecule has 0 aromatic rings. The summed E-state index contributed by atoms with van der Waals surface area (Å²) in [4.78, 5) is 2.89. The SMILES string of the molecule is CC1CC(C)CC(N2CCCNC3(CCCCC3)C2)C1. The van der Waals surface area contributed by atoms with Gasteiger partial charge >= 0.3 is 0 Å². The molecule has 2 atom stereocenters. The summed E-state index contributed by atoms with van der Waals surface area (Å²) in [7, 11) is 0. The minimum atomic E-state index is 0.471. The lowest BCUT2D eigenvalue weighted by Gasteiger charge is -2.44. The van der Waals surface area contributed by atoms with E-state index < -0.39 is 0 Å². The van der Waals surface area contributed by atoms with Crippen LogP contribution in [0.15, 0.2) is 0 Å². The average molecular weight is 278 g/mol. The molecule has 0 aromatic carbocycles. The van der Waals surface area contributed by atoms with E-state index in [2.05, 4.69) is 24.1 Å².